The maximum Gasteiger partial charge on any atom is 0.387 e. The van der Waals surface area contributed by atoms with Crippen LogP contribution in [0.15, 0.2) is 24.3 Å². The lowest BCUT2D eigenvalue weighted by Gasteiger charge is -2.20. The zero-order valence-electron chi connectivity index (χ0n) is 13.1. The van der Waals surface area contributed by atoms with Gasteiger partial charge in [-0.25, -0.2) is 0 Å². The molecule has 23 heavy (non-hydrogen) atoms. The summed E-state index contributed by atoms with van der Waals surface area (Å²) in [6.07, 6.45) is 0.227. The lowest BCUT2D eigenvalue weighted by molar-refractivity contribution is -0.130. The Bertz CT molecular complexity index is 561. The van der Waals surface area contributed by atoms with Gasteiger partial charge in [0.25, 0.3) is 0 Å². The molecule has 1 aromatic carbocycles. The van der Waals surface area contributed by atoms with Gasteiger partial charge >= 0.3 is 6.61 Å². The summed E-state index contributed by atoms with van der Waals surface area (Å²) in [4.78, 5) is 25.6. The third kappa shape index (κ3) is 4.64. The van der Waals surface area contributed by atoms with E-state index in [9.17, 15) is 18.4 Å². The van der Waals surface area contributed by atoms with Crippen molar-refractivity contribution in [2.75, 3.05) is 6.54 Å². The third-order valence-electron chi connectivity index (χ3n) is 3.77. The van der Waals surface area contributed by atoms with Crippen molar-refractivity contribution in [2.45, 2.75) is 39.5 Å². The van der Waals surface area contributed by atoms with E-state index >= 15 is 0 Å². The highest BCUT2D eigenvalue weighted by atomic mass is 19.3. The Kier molecular flexibility index (Phi) is 5.52. The molecule has 1 N–H and O–H groups in total. The SMILES string of the molecule is CC(C)N1C[C@H](C(=O)NCc2ccc(OC(F)F)cc2)CC1=O. The predicted molar refractivity (Wildman–Crippen MR) is 79.9 cm³/mol. The molecule has 7 heteroatoms. The maximum absolute atomic E-state index is 12.1. The van der Waals surface area contributed by atoms with Crippen LogP contribution in [0.1, 0.15) is 25.8 Å². The molecule has 1 fully saturated rings. The minimum Gasteiger partial charge on any atom is -0.435 e. The van der Waals surface area contributed by atoms with Gasteiger partial charge in [0.15, 0.2) is 0 Å². The molecule has 0 saturated carbocycles. The van der Waals surface area contributed by atoms with Gasteiger partial charge in [0.05, 0.1) is 5.92 Å². The normalized spacial score (nSPS) is 17.9. The quantitative estimate of drug-likeness (QED) is 0.871. The summed E-state index contributed by atoms with van der Waals surface area (Å²) in [6.45, 7) is 1.69. The minimum absolute atomic E-state index is 0.00588. The number of nitrogens with one attached hydrogen (secondary N) is 1. The molecule has 1 heterocycles. The van der Waals surface area contributed by atoms with Gasteiger partial charge in [-0.2, -0.15) is 8.78 Å². The van der Waals surface area contributed by atoms with Crippen LogP contribution in [-0.2, 0) is 16.1 Å². The van der Waals surface area contributed by atoms with Crippen LogP contribution in [0.5, 0.6) is 5.75 Å². The summed E-state index contributed by atoms with van der Waals surface area (Å²) in [5.41, 5.74) is 0.769. The van der Waals surface area contributed by atoms with Crippen molar-refractivity contribution in [2.24, 2.45) is 5.92 Å². The number of nitrogens with zero attached hydrogens (tertiary/aromatic N) is 1. The minimum atomic E-state index is -2.86. The Morgan fingerprint density at radius 3 is 2.52 bits per heavy atom. The highest BCUT2D eigenvalue weighted by Crippen LogP contribution is 2.20. The molecule has 126 valence electrons. The van der Waals surface area contributed by atoms with Crippen molar-refractivity contribution in [3.8, 4) is 5.75 Å². The average molecular weight is 326 g/mol. The fraction of sp³-hybridized carbons (Fsp3) is 0.500. The zero-order valence-corrected chi connectivity index (χ0v) is 13.1. The molecule has 2 rings (SSSR count). The number of halogens is 2. The van der Waals surface area contributed by atoms with Crippen LogP contribution < -0.4 is 10.1 Å². The topological polar surface area (TPSA) is 58.6 Å². The number of carbonyl (C=O) groups excluding carboxylic acids is 2. The van der Waals surface area contributed by atoms with Crippen LogP contribution in [0.25, 0.3) is 0 Å². The van der Waals surface area contributed by atoms with E-state index in [-0.39, 0.29) is 42.5 Å². The molecule has 0 aliphatic carbocycles. The summed E-state index contributed by atoms with van der Waals surface area (Å²) in [6, 6.07) is 6.15. The van der Waals surface area contributed by atoms with E-state index in [0.717, 1.165) is 5.56 Å². The third-order valence-corrected chi connectivity index (χ3v) is 3.77. The van der Waals surface area contributed by atoms with Crippen molar-refractivity contribution in [3.05, 3.63) is 29.8 Å². The number of benzene rings is 1. The number of likely N-dealkylation sites (tertiary alicyclic amines) is 1. The number of hydrogen-bond acceptors (Lipinski definition) is 3. The van der Waals surface area contributed by atoms with Crippen LogP contribution in [0, 0.1) is 5.92 Å². The molecule has 1 aliphatic rings. The number of alkyl halides is 2. The Labute approximate surface area is 133 Å². The molecule has 1 atom stereocenters. The molecule has 1 aromatic rings. The predicted octanol–water partition coefficient (Wildman–Crippen LogP) is 2.16. The van der Waals surface area contributed by atoms with Gasteiger partial charge in [0, 0.05) is 25.6 Å². The molecule has 0 bridgehead atoms. The second kappa shape index (κ2) is 7.39. The van der Waals surface area contributed by atoms with Crippen LogP contribution in [0.4, 0.5) is 8.78 Å². The summed E-state index contributed by atoms with van der Waals surface area (Å²) < 4.78 is 28.4. The van der Waals surface area contributed by atoms with E-state index in [4.69, 9.17) is 0 Å². The van der Waals surface area contributed by atoms with Gasteiger partial charge < -0.3 is 15.0 Å². The largest absolute Gasteiger partial charge is 0.435 e. The summed E-state index contributed by atoms with van der Waals surface area (Å²) in [5.74, 6) is -0.446. The molecule has 0 radical (unpaired) electrons. The first-order valence-corrected chi connectivity index (χ1v) is 7.47. The maximum atomic E-state index is 12.1. The summed E-state index contributed by atoms with van der Waals surface area (Å²) in [7, 11) is 0. The molecule has 0 aromatic heterocycles. The van der Waals surface area contributed by atoms with Gasteiger partial charge in [0.2, 0.25) is 11.8 Å². The first kappa shape index (κ1) is 17.2. The van der Waals surface area contributed by atoms with Crippen LogP contribution >= 0.6 is 0 Å². The highest BCUT2D eigenvalue weighted by Gasteiger charge is 2.35. The van der Waals surface area contributed by atoms with Crippen molar-refractivity contribution in [3.63, 3.8) is 0 Å². The molecule has 2 amide bonds. The van der Waals surface area contributed by atoms with E-state index in [1.807, 2.05) is 13.8 Å². The van der Waals surface area contributed by atoms with E-state index < -0.39 is 6.61 Å². The van der Waals surface area contributed by atoms with Crippen LogP contribution in [0.3, 0.4) is 0 Å². The smallest absolute Gasteiger partial charge is 0.387 e. The van der Waals surface area contributed by atoms with Gasteiger partial charge in [0.1, 0.15) is 5.75 Å². The number of ether oxygens (including phenoxy) is 1. The highest BCUT2D eigenvalue weighted by molar-refractivity contribution is 5.89. The van der Waals surface area contributed by atoms with Gasteiger partial charge in [-0.15, -0.1) is 0 Å². The first-order valence-electron chi connectivity index (χ1n) is 7.47. The fourth-order valence-electron chi connectivity index (χ4n) is 2.53. The van der Waals surface area contributed by atoms with E-state index in [0.29, 0.717) is 6.54 Å². The van der Waals surface area contributed by atoms with Crippen molar-refractivity contribution < 1.29 is 23.1 Å². The number of carbonyl (C=O) groups is 2. The van der Waals surface area contributed by atoms with Gasteiger partial charge in [-0.3, -0.25) is 9.59 Å². The monoisotopic (exact) mass is 326 g/mol. The molecule has 1 saturated heterocycles. The number of amides is 2. The van der Waals surface area contributed by atoms with Crippen LogP contribution in [-0.4, -0.2) is 35.9 Å². The number of hydrogen-bond donors (Lipinski definition) is 1. The lowest BCUT2D eigenvalue weighted by Crippen LogP contribution is -2.35. The lowest BCUT2D eigenvalue weighted by atomic mass is 10.1. The molecule has 0 unspecified atom stereocenters. The second-order valence-electron chi connectivity index (χ2n) is 5.78. The van der Waals surface area contributed by atoms with Gasteiger partial charge in [-0.1, -0.05) is 12.1 Å². The average Bonchev–Trinajstić information content (AvgIpc) is 2.88. The zero-order chi connectivity index (χ0) is 17.0. The van der Waals surface area contributed by atoms with Crippen molar-refractivity contribution in [1.82, 2.24) is 10.2 Å². The fourth-order valence-corrected chi connectivity index (χ4v) is 2.53. The van der Waals surface area contributed by atoms with Crippen molar-refractivity contribution in [1.29, 1.82) is 0 Å². The van der Waals surface area contributed by atoms with Gasteiger partial charge in [-0.05, 0) is 31.5 Å². The first-order chi connectivity index (χ1) is 10.9. The second-order valence-corrected chi connectivity index (χ2v) is 5.78. The molecular weight excluding hydrogens is 306 g/mol. The Morgan fingerprint density at radius 1 is 1.35 bits per heavy atom. The summed E-state index contributed by atoms with van der Waals surface area (Å²) in [5, 5.41) is 2.77. The standard InChI is InChI=1S/C16H20F2N2O3/c1-10(2)20-9-12(7-14(20)21)15(22)19-8-11-3-5-13(6-4-11)23-16(17)18/h3-6,10,12,16H,7-9H2,1-2H3,(H,19,22)/t12-/m1/s1. The molecule has 0 spiro atoms. The Hall–Kier alpha value is -2.18. The Balaban J connectivity index is 1.84. The molecule has 1 aliphatic heterocycles. The van der Waals surface area contributed by atoms with Crippen molar-refractivity contribution >= 4 is 11.8 Å². The van der Waals surface area contributed by atoms with E-state index in [1.54, 1.807) is 17.0 Å². The van der Waals surface area contributed by atoms with Crippen LogP contribution in [0.2, 0.25) is 0 Å². The molecular formula is C16H20F2N2O3. The van der Waals surface area contributed by atoms with E-state index in [2.05, 4.69) is 10.1 Å². The summed E-state index contributed by atoms with van der Waals surface area (Å²) >= 11 is 0. The number of rotatable bonds is 6. The van der Waals surface area contributed by atoms with E-state index in [1.165, 1.54) is 12.1 Å². The molecule has 5 nitrogen and oxygen atoms in total. The Morgan fingerprint density at radius 2 is 2.00 bits per heavy atom.